The van der Waals surface area contributed by atoms with Crippen molar-refractivity contribution in [2.75, 3.05) is 19.8 Å². The van der Waals surface area contributed by atoms with E-state index in [1.54, 1.807) is 0 Å². The Morgan fingerprint density at radius 3 is 2.78 bits per heavy atom. The van der Waals surface area contributed by atoms with E-state index in [0.717, 1.165) is 31.7 Å². The van der Waals surface area contributed by atoms with Gasteiger partial charge in [-0.25, -0.2) is 0 Å². The average Bonchev–Trinajstić information content (AvgIpc) is 2.66. The van der Waals surface area contributed by atoms with Crippen molar-refractivity contribution < 1.29 is 4.74 Å². The van der Waals surface area contributed by atoms with Crippen LogP contribution in [0.4, 0.5) is 0 Å². The zero-order valence-corrected chi connectivity index (χ0v) is 11.3. The van der Waals surface area contributed by atoms with E-state index in [9.17, 15) is 0 Å². The minimum Gasteiger partial charge on any atom is -0.380 e. The van der Waals surface area contributed by atoms with Crippen molar-refractivity contribution in [1.29, 1.82) is 5.41 Å². The van der Waals surface area contributed by atoms with E-state index in [-0.39, 0.29) is 0 Å². The molecule has 0 saturated heterocycles. The number of amidine groups is 1. The van der Waals surface area contributed by atoms with Gasteiger partial charge in [0.2, 0.25) is 0 Å². The molecule has 0 atom stereocenters. The molecule has 0 aliphatic carbocycles. The van der Waals surface area contributed by atoms with Crippen molar-refractivity contribution in [2.24, 2.45) is 5.92 Å². The van der Waals surface area contributed by atoms with E-state index in [2.05, 4.69) is 24.8 Å². The third-order valence-electron chi connectivity index (χ3n) is 3.29. The van der Waals surface area contributed by atoms with E-state index < -0.39 is 0 Å². The second-order valence-corrected chi connectivity index (χ2v) is 5.22. The molecule has 1 aromatic carbocycles. The van der Waals surface area contributed by atoms with Gasteiger partial charge < -0.3 is 9.64 Å². The molecule has 0 radical (unpaired) electrons. The highest BCUT2D eigenvalue weighted by atomic mass is 16.5. The van der Waals surface area contributed by atoms with Crippen LogP contribution in [0.2, 0.25) is 0 Å². The lowest BCUT2D eigenvalue weighted by molar-refractivity contribution is 0.111. The maximum Gasteiger partial charge on any atom is 0.128 e. The lowest BCUT2D eigenvalue weighted by Crippen LogP contribution is -2.28. The summed E-state index contributed by atoms with van der Waals surface area (Å²) in [4.78, 5) is 2.08. The maximum atomic E-state index is 8.11. The molecular weight excluding hydrogens is 224 g/mol. The van der Waals surface area contributed by atoms with Gasteiger partial charge in [0.05, 0.1) is 6.61 Å². The minimum absolute atomic E-state index is 0.637. The lowest BCUT2D eigenvalue weighted by atomic mass is 10.1. The largest absolute Gasteiger partial charge is 0.380 e. The van der Waals surface area contributed by atoms with Crippen LogP contribution in [0.25, 0.3) is 0 Å². The Hall–Kier alpha value is -1.35. The monoisotopic (exact) mass is 246 g/mol. The van der Waals surface area contributed by atoms with Gasteiger partial charge >= 0.3 is 0 Å². The highest BCUT2D eigenvalue weighted by Crippen LogP contribution is 2.21. The summed E-state index contributed by atoms with van der Waals surface area (Å²) in [7, 11) is 0. The number of ether oxygens (including phenoxy) is 1. The molecule has 98 valence electrons. The van der Waals surface area contributed by atoms with Gasteiger partial charge in [-0.15, -0.1) is 0 Å². The lowest BCUT2D eigenvalue weighted by Gasteiger charge is -2.17. The molecule has 1 aliphatic rings. The zero-order valence-electron chi connectivity index (χ0n) is 11.3. The number of nitrogens with zero attached hydrogens (tertiary/aromatic N) is 1. The Labute approximate surface area is 109 Å². The van der Waals surface area contributed by atoms with Gasteiger partial charge in [-0.3, -0.25) is 5.41 Å². The molecule has 1 aromatic rings. The van der Waals surface area contributed by atoms with Crippen LogP contribution in [-0.4, -0.2) is 30.5 Å². The highest BCUT2D eigenvalue weighted by molar-refractivity contribution is 6.00. The molecule has 3 heteroatoms. The van der Waals surface area contributed by atoms with Gasteiger partial charge in [-0.05, 0) is 17.9 Å². The number of fused-ring (bicyclic) bond motifs is 1. The van der Waals surface area contributed by atoms with E-state index in [1.807, 2.05) is 18.2 Å². The molecule has 2 rings (SSSR count). The van der Waals surface area contributed by atoms with Crippen molar-refractivity contribution in [2.45, 2.75) is 26.8 Å². The molecule has 0 spiro atoms. The normalized spacial score (nSPS) is 14.4. The summed E-state index contributed by atoms with van der Waals surface area (Å²) in [5, 5.41) is 8.11. The molecule has 3 nitrogen and oxygen atoms in total. The second kappa shape index (κ2) is 6.01. The number of nitrogens with one attached hydrogen (secondary N) is 1. The van der Waals surface area contributed by atoms with Crippen molar-refractivity contribution in [3.8, 4) is 0 Å². The maximum absolute atomic E-state index is 8.11. The predicted octanol–water partition coefficient (Wildman–Crippen LogP) is 2.89. The molecular formula is C15H22N2O. The predicted molar refractivity (Wildman–Crippen MR) is 74.0 cm³/mol. The van der Waals surface area contributed by atoms with Gasteiger partial charge in [-0.1, -0.05) is 38.1 Å². The van der Waals surface area contributed by atoms with Crippen molar-refractivity contribution >= 4 is 5.84 Å². The standard InChI is InChI=1S/C15H22N2O/c1-12(2)7-9-18-10-8-17-11-13-5-3-4-6-14(13)15(17)16/h3-6,12,16H,7-11H2,1-2H3. The Morgan fingerprint density at radius 2 is 2.06 bits per heavy atom. The van der Waals surface area contributed by atoms with Crippen LogP contribution in [0.5, 0.6) is 0 Å². The molecule has 0 bridgehead atoms. The molecule has 1 N–H and O–H groups in total. The SMILES string of the molecule is CC(C)CCOCCN1Cc2ccccc2C1=N. The fraction of sp³-hybridized carbons (Fsp3) is 0.533. The Bertz CT molecular complexity index is 415. The number of rotatable bonds is 6. The first kappa shape index (κ1) is 13.1. The highest BCUT2D eigenvalue weighted by Gasteiger charge is 2.22. The summed E-state index contributed by atoms with van der Waals surface area (Å²) in [6.07, 6.45) is 1.11. The second-order valence-electron chi connectivity index (χ2n) is 5.22. The first-order valence-corrected chi connectivity index (χ1v) is 6.68. The molecule has 18 heavy (non-hydrogen) atoms. The first-order chi connectivity index (χ1) is 8.68. The Balaban J connectivity index is 1.75. The quantitative estimate of drug-likeness (QED) is 0.783. The summed E-state index contributed by atoms with van der Waals surface area (Å²) in [6.45, 7) is 7.61. The van der Waals surface area contributed by atoms with Gasteiger partial charge in [-0.2, -0.15) is 0 Å². The Morgan fingerprint density at radius 1 is 1.28 bits per heavy atom. The number of hydrogen-bond donors (Lipinski definition) is 1. The molecule has 1 heterocycles. The third kappa shape index (κ3) is 3.10. The summed E-state index contributed by atoms with van der Waals surface area (Å²) < 4.78 is 5.62. The molecule has 1 aliphatic heterocycles. The van der Waals surface area contributed by atoms with E-state index in [4.69, 9.17) is 10.1 Å². The summed E-state index contributed by atoms with van der Waals surface area (Å²) >= 11 is 0. The van der Waals surface area contributed by atoms with Crippen molar-refractivity contribution in [3.05, 3.63) is 35.4 Å². The van der Waals surface area contributed by atoms with Gasteiger partial charge in [0, 0.05) is 25.3 Å². The van der Waals surface area contributed by atoms with Crippen LogP contribution in [0.15, 0.2) is 24.3 Å². The molecule has 0 aromatic heterocycles. The van der Waals surface area contributed by atoms with Crippen LogP contribution in [0, 0.1) is 11.3 Å². The van der Waals surface area contributed by atoms with Gasteiger partial charge in [0.25, 0.3) is 0 Å². The minimum atomic E-state index is 0.637. The molecule has 0 amide bonds. The molecule has 0 saturated carbocycles. The number of hydrogen-bond acceptors (Lipinski definition) is 2. The van der Waals surface area contributed by atoms with E-state index in [0.29, 0.717) is 18.4 Å². The van der Waals surface area contributed by atoms with Crippen molar-refractivity contribution in [1.82, 2.24) is 4.90 Å². The third-order valence-corrected chi connectivity index (χ3v) is 3.29. The van der Waals surface area contributed by atoms with Crippen LogP contribution in [0.3, 0.4) is 0 Å². The zero-order chi connectivity index (χ0) is 13.0. The molecule has 0 unspecified atom stereocenters. The van der Waals surface area contributed by atoms with Crippen LogP contribution < -0.4 is 0 Å². The summed E-state index contributed by atoms with van der Waals surface area (Å²) in [5.41, 5.74) is 2.32. The fourth-order valence-electron chi connectivity index (χ4n) is 2.13. The van der Waals surface area contributed by atoms with Crippen LogP contribution in [0.1, 0.15) is 31.4 Å². The van der Waals surface area contributed by atoms with Gasteiger partial charge in [0.1, 0.15) is 5.84 Å². The van der Waals surface area contributed by atoms with Crippen LogP contribution >= 0.6 is 0 Å². The topological polar surface area (TPSA) is 36.3 Å². The van der Waals surface area contributed by atoms with E-state index >= 15 is 0 Å². The Kier molecular flexibility index (Phi) is 4.37. The summed E-state index contributed by atoms with van der Waals surface area (Å²) in [5.74, 6) is 1.33. The molecule has 0 fully saturated rings. The smallest absolute Gasteiger partial charge is 0.128 e. The fourth-order valence-corrected chi connectivity index (χ4v) is 2.13. The number of benzene rings is 1. The van der Waals surface area contributed by atoms with E-state index in [1.165, 1.54) is 5.56 Å². The van der Waals surface area contributed by atoms with Crippen molar-refractivity contribution in [3.63, 3.8) is 0 Å². The van der Waals surface area contributed by atoms with Gasteiger partial charge in [0.15, 0.2) is 0 Å². The average molecular weight is 246 g/mol. The summed E-state index contributed by atoms with van der Waals surface area (Å²) in [6, 6.07) is 8.16. The first-order valence-electron chi connectivity index (χ1n) is 6.68. The van der Waals surface area contributed by atoms with Crippen LogP contribution in [-0.2, 0) is 11.3 Å².